The molecule has 0 aromatic carbocycles. The van der Waals surface area contributed by atoms with Crippen LogP contribution in [0.2, 0.25) is 0 Å². The van der Waals surface area contributed by atoms with E-state index in [-0.39, 0.29) is 0 Å². The first-order chi connectivity index (χ1) is 5.36. The molecular formula is C11H18. The summed E-state index contributed by atoms with van der Waals surface area (Å²) >= 11 is 0. The van der Waals surface area contributed by atoms with E-state index >= 15 is 0 Å². The third-order valence-electron chi connectivity index (χ3n) is 2.66. The van der Waals surface area contributed by atoms with E-state index in [1.165, 1.54) is 32.1 Å². The molecule has 0 N–H and O–H groups in total. The largest absolute Gasteiger partial charge is 0.103 e. The smallest absolute Gasteiger partial charge is 0.0233 e. The molecule has 1 aliphatic rings. The van der Waals surface area contributed by atoms with Gasteiger partial charge in [-0.05, 0) is 31.1 Å². The Hall–Kier alpha value is -0.520. The zero-order valence-electron chi connectivity index (χ0n) is 7.26. The van der Waals surface area contributed by atoms with E-state index in [2.05, 4.69) is 25.3 Å². The van der Waals surface area contributed by atoms with Crippen molar-refractivity contribution in [2.24, 2.45) is 11.8 Å². The Bertz CT molecular complexity index is 135. The summed E-state index contributed by atoms with van der Waals surface area (Å²) in [6.07, 6.45) is 10.9. The van der Waals surface area contributed by atoms with Gasteiger partial charge >= 0.3 is 0 Å². The van der Waals surface area contributed by atoms with Crippen LogP contribution in [0.1, 0.15) is 32.1 Å². The standard InChI is InChI=1S/C11H18/c1-3-6-11-8-5-7-10(4-2)9-11/h3-4,10-11H,1-2,5-9H2. The lowest BCUT2D eigenvalue weighted by atomic mass is 9.80. The number of hydrogen-bond acceptors (Lipinski definition) is 0. The molecule has 1 fully saturated rings. The molecule has 1 saturated carbocycles. The normalized spacial score (nSPS) is 31.3. The highest BCUT2D eigenvalue weighted by Gasteiger charge is 2.18. The molecule has 0 aliphatic heterocycles. The van der Waals surface area contributed by atoms with Gasteiger partial charge in [-0.2, -0.15) is 0 Å². The highest BCUT2D eigenvalue weighted by atomic mass is 14.2. The lowest BCUT2D eigenvalue weighted by molar-refractivity contribution is 0.307. The summed E-state index contributed by atoms with van der Waals surface area (Å²) in [5, 5.41) is 0. The first-order valence-corrected chi connectivity index (χ1v) is 4.60. The van der Waals surface area contributed by atoms with E-state index in [4.69, 9.17) is 0 Å². The van der Waals surface area contributed by atoms with E-state index in [0.29, 0.717) is 0 Å². The third kappa shape index (κ3) is 2.53. The van der Waals surface area contributed by atoms with Crippen LogP contribution in [0.5, 0.6) is 0 Å². The SMILES string of the molecule is C=CCC1CCCC(C=C)C1. The minimum absolute atomic E-state index is 0.786. The molecule has 0 nitrogen and oxygen atoms in total. The Morgan fingerprint density at radius 2 is 2.09 bits per heavy atom. The molecule has 0 saturated heterocycles. The van der Waals surface area contributed by atoms with Crippen molar-refractivity contribution >= 4 is 0 Å². The molecule has 0 heteroatoms. The summed E-state index contributed by atoms with van der Waals surface area (Å²) < 4.78 is 0. The first kappa shape index (κ1) is 8.58. The molecule has 2 unspecified atom stereocenters. The fraction of sp³-hybridized carbons (Fsp3) is 0.636. The maximum absolute atomic E-state index is 3.85. The van der Waals surface area contributed by atoms with Gasteiger partial charge in [0.1, 0.15) is 0 Å². The highest BCUT2D eigenvalue weighted by Crippen LogP contribution is 2.31. The fourth-order valence-corrected chi connectivity index (χ4v) is 2.00. The van der Waals surface area contributed by atoms with Gasteiger partial charge < -0.3 is 0 Å². The quantitative estimate of drug-likeness (QED) is 0.540. The second kappa shape index (κ2) is 4.38. The van der Waals surface area contributed by atoms with Crippen molar-refractivity contribution in [3.05, 3.63) is 25.3 Å². The first-order valence-electron chi connectivity index (χ1n) is 4.60. The molecule has 0 aromatic heterocycles. The number of allylic oxidation sites excluding steroid dienone is 2. The summed E-state index contributed by atoms with van der Waals surface area (Å²) in [7, 11) is 0. The average Bonchev–Trinajstić information content (AvgIpc) is 2.06. The van der Waals surface area contributed by atoms with Gasteiger partial charge in [0.2, 0.25) is 0 Å². The van der Waals surface area contributed by atoms with Gasteiger partial charge in [-0.25, -0.2) is 0 Å². The minimum atomic E-state index is 0.786. The summed E-state index contributed by atoms with van der Waals surface area (Å²) in [6, 6.07) is 0. The molecular weight excluding hydrogens is 132 g/mol. The molecule has 2 atom stereocenters. The van der Waals surface area contributed by atoms with Crippen LogP contribution >= 0.6 is 0 Å². The molecule has 0 radical (unpaired) electrons. The Kier molecular flexibility index (Phi) is 3.41. The lowest BCUT2D eigenvalue weighted by Crippen LogP contribution is -2.12. The molecule has 1 rings (SSSR count). The van der Waals surface area contributed by atoms with E-state index < -0.39 is 0 Å². The van der Waals surface area contributed by atoms with Crippen molar-refractivity contribution in [2.45, 2.75) is 32.1 Å². The van der Waals surface area contributed by atoms with Crippen LogP contribution < -0.4 is 0 Å². The van der Waals surface area contributed by atoms with Gasteiger partial charge in [-0.3, -0.25) is 0 Å². The Balaban J connectivity index is 2.32. The maximum atomic E-state index is 3.85. The predicted molar refractivity (Wildman–Crippen MR) is 50.5 cm³/mol. The zero-order chi connectivity index (χ0) is 8.10. The molecule has 0 aromatic rings. The van der Waals surface area contributed by atoms with Gasteiger partial charge in [0.05, 0.1) is 0 Å². The van der Waals surface area contributed by atoms with Gasteiger partial charge in [0.15, 0.2) is 0 Å². The predicted octanol–water partition coefficient (Wildman–Crippen LogP) is 3.55. The zero-order valence-corrected chi connectivity index (χ0v) is 7.26. The second-order valence-electron chi connectivity index (χ2n) is 3.55. The van der Waals surface area contributed by atoms with Crippen LogP contribution in [-0.4, -0.2) is 0 Å². The van der Waals surface area contributed by atoms with Gasteiger partial charge in [-0.15, -0.1) is 13.2 Å². The molecule has 1 aliphatic carbocycles. The highest BCUT2D eigenvalue weighted by molar-refractivity contribution is 4.86. The van der Waals surface area contributed by atoms with Crippen molar-refractivity contribution in [2.75, 3.05) is 0 Å². The summed E-state index contributed by atoms with van der Waals surface area (Å²) in [4.78, 5) is 0. The molecule has 62 valence electrons. The molecule has 0 heterocycles. The fourth-order valence-electron chi connectivity index (χ4n) is 2.00. The molecule has 0 bridgehead atoms. The van der Waals surface area contributed by atoms with Gasteiger partial charge in [0.25, 0.3) is 0 Å². The van der Waals surface area contributed by atoms with Crippen LogP contribution in [-0.2, 0) is 0 Å². The number of rotatable bonds is 3. The van der Waals surface area contributed by atoms with Crippen LogP contribution in [0.3, 0.4) is 0 Å². The summed E-state index contributed by atoms with van der Waals surface area (Å²) in [6.45, 7) is 7.63. The van der Waals surface area contributed by atoms with E-state index in [1.807, 2.05) is 0 Å². The van der Waals surface area contributed by atoms with E-state index in [1.54, 1.807) is 0 Å². The summed E-state index contributed by atoms with van der Waals surface area (Å²) in [5.74, 6) is 1.68. The molecule has 0 amide bonds. The van der Waals surface area contributed by atoms with Crippen LogP contribution in [0.4, 0.5) is 0 Å². The van der Waals surface area contributed by atoms with Crippen LogP contribution in [0.25, 0.3) is 0 Å². The monoisotopic (exact) mass is 150 g/mol. The lowest BCUT2D eigenvalue weighted by Gasteiger charge is -2.26. The second-order valence-corrected chi connectivity index (χ2v) is 3.55. The van der Waals surface area contributed by atoms with E-state index in [0.717, 1.165) is 11.8 Å². The van der Waals surface area contributed by atoms with Crippen LogP contribution in [0, 0.1) is 11.8 Å². The summed E-state index contributed by atoms with van der Waals surface area (Å²) in [5.41, 5.74) is 0. The Morgan fingerprint density at radius 1 is 1.27 bits per heavy atom. The molecule has 11 heavy (non-hydrogen) atoms. The van der Waals surface area contributed by atoms with Crippen LogP contribution in [0.15, 0.2) is 25.3 Å². The number of hydrogen-bond donors (Lipinski definition) is 0. The topological polar surface area (TPSA) is 0 Å². The van der Waals surface area contributed by atoms with Crippen molar-refractivity contribution in [1.29, 1.82) is 0 Å². The minimum Gasteiger partial charge on any atom is -0.103 e. The van der Waals surface area contributed by atoms with Crippen molar-refractivity contribution < 1.29 is 0 Å². The van der Waals surface area contributed by atoms with Gasteiger partial charge in [0, 0.05) is 0 Å². The average molecular weight is 150 g/mol. The third-order valence-corrected chi connectivity index (χ3v) is 2.66. The Labute approximate surface area is 70.0 Å². The van der Waals surface area contributed by atoms with E-state index in [9.17, 15) is 0 Å². The van der Waals surface area contributed by atoms with Crippen molar-refractivity contribution in [3.8, 4) is 0 Å². The van der Waals surface area contributed by atoms with Gasteiger partial charge in [-0.1, -0.05) is 25.0 Å². The maximum Gasteiger partial charge on any atom is -0.0233 e. The van der Waals surface area contributed by atoms with Crippen molar-refractivity contribution in [1.82, 2.24) is 0 Å². The molecule has 0 spiro atoms. The Morgan fingerprint density at radius 3 is 2.73 bits per heavy atom. The van der Waals surface area contributed by atoms with Crippen molar-refractivity contribution in [3.63, 3.8) is 0 Å².